The van der Waals surface area contributed by atoms with Crippen molar-refractivity contribution in [2.75, 3.05) is 5.32 Å². The molecule has 21 heavy (non-hydrogen) atoms. The Labute approximate surface area is 122 Å². The van der Waals surface area contributed by atoms with Crippen molar-refractivity contribution < 1.29 is 9.50 Å². The highest BCUT2D eigenvalue weighted by molar-refractivity contribution is 5.91. The van der Waals surface area contributed by atoms with E-state index in [1.54, 1.807) is 6.20 Å². The molecule has 1 aromatic heterocycles. The number of anilines is 1. The number of nitrogens with one attached hydrogen (secondary N) is 1. The van der Waals surface area contributed by atoms with Gasteiger partial charge in [0.15, 0.2) is 0 Å². The van der Waals surface area contributed by atoms with E-state index in [4.69, 9.17) is 0 Å². The number of aromatic nitrogens is 1. The third-order valence-corrected chi connectivity index (χ3v) is 3.47. The van der Waals surface area contributed by atoms with E-state index in [2.05, 4.69) is 10.3 Å². The fourth-order valence-electron chi connectivity index (χ4n) is 2.41. The Bertz CT molecular complexity index is 783. The van der Waals surface area contributed by atoms with Crippen molar-refractivity contribution >= 4 is 16.6 Å². The van der Waals surface area contributed by atoms with Crippen molar-refractivity contribution in [3.05, 3.63) is 66.1 Å². The Hall–Kier alpha value is -2.62. The van der Waals surface area contributed by atoms with Crippen molar-refractivity contribution in [1.82, 2.24) is 4.98 Å². The van der Waals surface area contributed by atoms with Gasteiger partial charge < -0.3 is 10.4 Å². The van der Waals surface area contributed by atoms with Crippen LogP contribution < -0.4 is 5.32 Å². The summed E-state index contributed by atoms with van der Waals surface area (Å²) in [7, 11) is 0. The molecule has 1 heterocycles. The van der Waals surface area contributed by atoms with Gasteiger partial charge in [-0.1, -0.05) is 6.07 Å². The van der Waals surface area contributed by atoms with Crippen molar-refractivity contribution in [2.45, 2.75) is 13.0 Å². The first kappa shape index (κ1) is 13.4. The third kappa shape index (κ3) is 2.65. The van der Waals surface area contributed by atoms with E-state index in [1.165, 1.54) is 18.2 Å². The molecule has 0 aliphatic carbocycles. The summed E-state index contributed by atoms with van der Waals surface area (Å²) >= 11 is 0. The number of phenolic OH excluding ortho intramolecular Hbond substituents is 1. The second kappa shape index (κ2) is 5.40. The molecule has 4 heteroatoms. The summed E-state index contributed by atoms with van der Waals surface area (Å²) in [6.45, 7) is 1.88. The van der Waals surface area contributed by atoms with Crippen LogP contribution in [0.1, 0.15) is 18.5 Å². The molecule has 1 atom stereocenters. The minimum absolute atomic E-state index is 0.0785. The van der Waals surface area contributed by atoms with E-state index in [9.17, 15) is 9.50 Å². The smallest absolute Gasteiger partial charge is 0.123 e. The monoisotopic (exact) mass is 282 g/mol. The Morgan fingerprint density at radius 3 is 2.86 bits per heavy atom. The van der Waals surface area contributed by atoms with Crippen LogP contribution in [-0.2, 0) is 0 Å². The van der Waals surface area contributed by atoms with Crippen molar-refractivity contribution in [3.63, 3.8) is 0 Å². The standard InChI is InChI=1S/C17H15FN2O/c1-11(14-10-12(18)7-8-17(14)21)20-16-6-2-5-15-13(16)4-3-9-19-15/h2-11,20-21H,1H3. The van der Waals surface area contributed by atoms with Crippen LogP contribution in [0.5, 0.6) is 5.75 Å². The Kier molecular flexibility index (Phi) is 3.44. The van der Waals surface area contributed by atoms with Crippen LogP contribution in [-0.4, -0.2) is 10.1 Å². The van der Waals surface area contributed by atoms with Crippen LogP contribution in [0.15, 0.2) is 54.7 Å². The molecular formula is C17H15FN2O. The van der Waals surface area contributed by atoms with Crippen LogP contribution >= 0.6 is 0 Å². The highest BCUT2D eigenvalue weighted by Crippen LogP contribution is 2.30. The minimum Gasteiger partial charge on any atom is -0.508 e. The van der Waals surface area contributed by atoms with E-state index >= 15 is 0 Å². The van der Waals surface area contributed by atoms with Gasteiger partial charge in [-0.25, -0.2) is 4.39 Å². The lowest BCUT2D eigenvalue weighted by Crippen LogP contribution is -2.07. The number of pyridine rings is 1. The van der Waals surface area contributed by atoms with Crippen LogP contribution in [0.3, 0.4) is 0 Å². The molecule has 1 unspecified atom stereocenters. The Morgan fingerprint density at radius 2 is 2.00 bits per heavy atom. The molecule has 3 rings (SSSR count). The first-order chi connectivity index (χ1) is 10.1. The molecule has 3 nitrogen and oxygen atoms in total. The summed E-state index contributed by atoms with van der Waals surface area (Å²) in [4.78, 5) is 4.30. The first-order valence-corrected chi connectivity index (χ1v) is 6.74. The van der Waals surface area contributed by atoms with Gasteiger partial charge in [0.05, 0.1) is 11.6 Å². The molecule has 0 aliphatic heterocycles. The third-order valence-electron chi connectivity index (χ3n) is 3.47. The van der Waals surface area contributed by atoms with Crippen LogP contribution in [0, 0.1) is 5.82 Å². The highest BCUT2D eigenvalue weighted by Gasteiger charge is 2.12. The predicted molar refractivity (Wildman–Crippen MR) is 81.8 cm³/mol. The lowest BCUT2D eigenvalue weighted by atomic mass is 10.1. The summed E-state index contributed by atoms with van der Waals surface area (Å²) in [5.41, 5.74) is 2.31. The highest BCUT2D eigenvalue weighted by atomic mass is 19.1. The zero-order chi connectivity index (χ0) is 14.8. The fraction of sp³-hybridized carbons (Fsp3) is 0.118. The zero-order valence-electron chi connectivity index (χ0n) is 11.5. The topological polar surface area (TPSA) is 45.2 Å². The minimum atomic E-state index is -0.365. The lowest BCUT2D eigenvalue weighted by Gasteiger charge is -2.18. The normalized spacial score (nSPS) is 12.3. The molecule has 2 N–H and O–H groups in total. The van der Waals surface area contributed by atoms with Gasteiger partial charge in [0.1, 0.15) is 11.6 Å². The van der Waals surface area contributed by atoms with E-state index in [0.29, 0.717) is 5.56 Å². The summed E-state index contributed by atoms with van der Waals surface area (Å²) in [5.74, 6) is -0.286. The number of benzene rings is 2. The molecule has 106 valence electrons. The Balaban J connectivity index is 1.96. The van der Waals surface area contributed by atoms with Gasteiger partial charge in [-0.2, -0.15) is 0 Å². The largest absolute Gasteiger partial charge is 0.508 e. The van der Waals surface area contributed by atoms with Gasteiger partial charge in [-0.05, 0) is 49.4 Å². The van der Waals surface area contributed by atoms with E-state index in [0.717, 1.165) is 16.6 Å². The number of aromatic hydroxyl groups is 1. The van der Waals surface area contributed by atoms with Gasteiger partial charge in [0.25, 0.3) is 0 Å². The summed E-state index contributed by atoms with van der Waals surface area (Å²) in [6, 6.07) is 13.4. The van der Waals surface area contributed by atoms with Crippen LogP contribution in [0.2, 0.25) is 0 Å². The van der Waals surface area contributed by atoms with E-state index in [1.807, 2.05) is 37.3 Å². The maximum absolute atomic E-state index is 13.4. The van der Waals surface area contributed by atoms with E-state index < -0.39 is 0 Å². The van der Waals surface area contributed by atoms with Crippen molar-refractivity contribution in [1.29, 1.82) is 0 Å². The molecule has 0 radical (unpaired) electrons. The van der Waals surface area contributed by atoms with Gasteiger partial charge in [-0.3, -0.25) is 4.98 Å². The molecule has 3 aromatic rings. The lowest BCUT2D eigenvalue weighted by molar-refractivity contribution is 0.462. The quantitative estimate of drug-likeness (QED) is 0.754. The number of fused-ring (bicyclic) bond motifs is 1. The van der Waals surface area contributed by atoms with Crippen LogP contribution in [0.4, 0.5) is 10.1 Å². The average molecular weight is 282 g/mol. The number of hydrogen-bond acceptors (Lipinski definition) is 3. The molecule has 0 aliphatic rings. The maximum Gasteiger partial charge on any atom is 0.123 e. The molecule has 2 aromatic carbocycles. The number of phenols is 1. The molecular weight excluding hydrogens is 267 g/mol. The molecule has 0 saturated heterocycles. The van der Waals surface area contributed by atoms with Gasteiger partial charge in [-0.15, -0.1) is 0 Å². The van der Waals surface area contributed by atoms with E-state index in [-0.39, 0.29) is 17.6 Å². The predicted octanol–water partition coefficient (Wildman–Crippen LogP) is 4.25. The average Bonchev–Trinajstić information content (AvgIpc) is 2.50. The molecule has 0 amide bonds. The number of nitrogens with zero attached hydrogens (tertiary/aromatic N) is 1. The second-order valence-corrected chi connectivity index (χ2v) is 4.94. The maximum atomic E-state index is 13.4. The van der Waals surface area contributed by atoms with Gasteiger partial charge >= 0.3 is 0 Å². The van der Waals surface area contributed by atoms with Gasteiger partial charge in [0, 0.05) is 22.8 Å². The second-order valence-electron chi connectivity index (χ2n) is 4.94. The first-order valence-electron chi connectivity index (χ1n) is 6.74. The van der Waals surface area contributed by atoms with Crippen molar-refractivity contribution in [3.8, 4) is 5.75 Å². The number of rotatable bonds is 3. The molecule has 0 spiro atoms. The van der Waals surface area contributed by atoms with Gasteiger partial charge in [0.2, 0.25) is 0 Å². The summed E-state index contributed by atoms with van der Waals surface area (Å²) in [6.07, 6.45) is 1.74. The summed E-state index contributed by atoms with van der Waals surface area (Å²) in [5, 5.41) is 14.2. The fourth-order valence-corrected chi connectivity index (χ4v) is 2.41. The van der Waals surface area contributed by atoms with Crippen LogP contribution in [0.25, 0.3) is 10.9 Å². The number of hydrogen-bond donors (Lipinski definition) is 2. The SMILES string of the molecule is CC(Nc1cccc2ncccc12)c1cc(F)ccc1O. The number of halogens is 1. The summed E-state index contributed by atoms with van der Waals surface area (Å²) < 4.78 is 13.4. The molecule has 0 saturated carbocycles. The molecule has 0 bridgehead atoms. The zero-order valence-corrected chi connectivity index (χ0v) is 11.5. The van der Waals surface area contributed by atoms with Crippen molar-refractivity contribution in [2.24, 2.45) is 0 Å². The Morgan fingerprint density at radius 1 is 1.14 bits per heavy atom. The molecule has 0 fully saturated rings.